The Kier molecular flexibility index (Phi) is 2.04. The molecule has 0 atom stereocenters. The summed E-state index contributed by atoms with van der Waals surface area (Å²) in [5.74, 6) is 0. The Bertz CT molecular complexity index is 503. The van der Waals surface area contributed by atoms with Gasteiger partial charge in [0.1, 0.15) is 5.69 Å². The highest BCUT2D eigenvalue weighted by molar-refractivity contribution is 5.85. The molecule has 0 saturated heterocycles. The van der Waals surface area contributed by atoms with E-state index in [1.807, 2.05) is 32.0 Å². The summed E-state index contributed by atoms with van der Waals surface area (Å²) < 4.78 is 0. The highest BCUT2D eigenvalue weighted by atomic mass is 16.1. The number of carbonyl (C=O) groups is 1. The van der Waals surface area contributed by atoms with Crippen molar-refractivity contribution in [2.45, 2.75) is 13.8 Å². The van der Waals surface area contributed by atoms with E-state index in [0.717, 1.165) is 22.8 Å². The molecule has 0 unspecified atom stereocenters. The number of aromatic nitrogens is 1. The van der Waals surface area contributed by atoms with E-state index in [-0.39, 0.29) is 0 Å². The first-order valence-electron chi connectivity index (χ1n) is 4.54. The number of aldehydes is 1. The summed E-state index contributed by atoms with van der Waals surface area (Å²) in [6.45, 7) is 3.95. The molecule has 14 heavy (non-hydrogen) atoms. The van der Waals surface area contributed by atoms with Crippen LogP contribution in [-0.2, 0) is 0 Å². The average molecular weight is 185 g/mol. The van der Waals surface area contributed by atoms with Crippen LogP contribution >= 0.6 is 0 Å². The van der Waals surface area contributed by atoms with Gasteiger partial charge in [-0.2, -0.15) is 0 Å². The van der Waals surface area contributed by atoms with Gasteiger partial charge in [-0.3, -0.25) is 4.79 Å². The fraction of sp³-hybridized carbons (Fsp3) is 0.167. The Balaban J connectivity index is 2.79. The summed E-state index contributed by atoms with van der Waals surface area (Å²) >= 11 is 0. The number of benzene rings is 1. The lowest BCUT2D eigenvalue weighted by Crippen LogP contribution is -1.92. The monoisotopic (exact) mass is 185 g/mol. The third kappa shape index (κ3) is 1.39. The van der Waals surface area contributed by atoms with Crippen LogP contribution in [0.2, 0.25) is 0 Å². The molecule has 0 aliphatic carbocycles. The lowest BCUT2D eigenvalue weighted by Gasteiger charge is -2.02. The number of rotatable bonds is 1. The highest BCUT2D eigenvalue weighted by Crippen LogP contribution is 2.16. The van der Waals surface area contributed by atoms with E-state index < -0.39 is 0 Å². The standard InChI is InChI=1S/C12H11NO/c1-8-3-4-11-10(5-8)6-9(2)12(7-14)13-11/h3-7H,1-2H3. The molecule has 2 rings (SSSR count). The SMILES string of the molecule is Cc1ccc2nc(C=O)c(C)cc2c1. The minimum Gasteiger partial charge on any atom is -0.296 e. The topological polar surface area (TPSA) is 30.0 Å². The fourth-order valence-electron chi connectivity index (χ4n) is 1.54. The van der Waals surface area contributed by atoms with Gasteiger partial charge in [-0.05, 0) is 37.6 Å². The Morgan fingerprint density at radius 2 is 2.00 bits per heavy atom. The third-order valence-corrected chi connectivity index (χ3v) is 2.31. The second-order valence-corrected chi connectivity index (χ2v) is 3.50. The molecular weight excluding hydrogens is 174 g/mol. The molecule has 2 aromatic rings. The van der Waals surface area contributed by atoms with Gasteiger partial charge in [-0.15, -0.1) is 0 Å². The molecular formula is C12H11NO. The predicted octanol–water partition coefficient (Wildman–Crippen LogP) is 2.66. The van der Waals surface area contributed by atoms with Gasteiger partial charge in [0.15, 0.2) is 6.29 Å². The van der Waals surface area contributed by atoms with Crippen LogP contribution in [-0.4, -0.2) is 11.3 Å². The third-order valence-electron chi connectivity index (χ3n) is 2.31. The van der Waals surface area contributed by atoms with Crippen molar-refractivity contribution in [3.63, 3.8) is 0 Å². The number of hydrogen-bond donors (Lipinski definition) is 0. The van der Waals surface area contributed by atoms with E-state index in [9.17, 15) is 4.79 Å². The first-order chi connectivity index (χ1) is 6.70. The van der Waals surface area contributed by atoms with Crippen molar-refractivity contribution in [3.05, 3.63) is 41.1 Å². The molecule has 1 heterocycles. The van der Waals surface area contributed by atoms with Crippen LogP contribution in [0, 0.1) is 13.8 Å². The van der Waals surface area contributed by atoms with Crippen LogP contribution in [0.5, 0.6) is 0 Å². The largest absolute Gasteiger partial charge is 0.296 e. The van der Waals surface area contributed by atoms with Gasteiger partial charge in [0.25, 0.3) is 0 Å². The van der Waals surface area contributed by atoms with Crippen LogP contribution < -0.4 is 0 Å². The second kappa shape index (κ2) is 3.22. The fourth-order valence-corrected chi connectivity index (χ4v) is 1.54. The van der Waals surface area contributed by atoms with Crippen molar-refractivity contribution < 1.29 is 4.79 Å². The van der Waals surface area contributed by atoms with Crippen molar-refractivity contribution in [1.82, 2.24) is 4.98 Å². The lowest BCUT2D eigenvalue weighted by molar-refractivity contribution is 0.111. The number of hydrogen-bond acceptors (Lipinski definition) is 2. The Labute approximate surface area is 82.6 Å². The van der Waals surface area contributed by atoms with Gasteiger partial charge in [-0.25, -0.2) is 4.98 Å². The molecule has 0 saturated carbocycles. The van der Waals surface area contributed by atoms with Crippen molar-refractivity contribution in [2.75, 3.05) is 0 Å². The van der Waals surface area contributed by atoms with Crippen molar-refractivity contribution in [3.8, 4) is 0 Å². The number of pyridine rings is 1. The summed E-state index contributed by atoms with van der Waals surface area (Å²) in [4.78, 5) is 14.9. The number of fused-ring (bicyclic) bond motifs is 1. The van der Waals surface area contributed by atoms with Crippen LogP contribution in [0.15, 0.2) is 24.3 Å². The summed E-state index contributed by atoms with van der Waals surface area (Å²) in [6, 6.07) is 8.01. The molecule has 0 N–H and O–H groups in total. The molecule has 0 aliphatic rings. The summed E-state index contributed by atoms with van der Waals surface area (Å²) in [5, 5.41) is 1.09. The summed E-state index contributed by atoms with van der Waals surface area (Å²) in [5.41, 5.74) is 3.54. The van der Waals surface area contributed by atoms with Gasteiger partial charge >= 0.3 is 0 Å². The molecule has 0 amide bonds. The quantitative estimate of drug-likeness (QED) is 0.639. The number of aryl methyl sites for hydroxylation is 2. The van der Waals surface area contributed by atoms with E-state index >= 15 is 0 Å². The van der Waals surface area contributed by atoms with Gasteiger partial charge in [0, 0.05) is 5.39 Å². The minimum atomic E-state index is 0.529. The molecule has 1 aromatic heterocycles. The molecule has 0 aliphatic heterocycles. The predicted molar refractivity (Wildman–Crippen MR) is 56.6 cm³/mol. The average Bonchev–Trinajstić information content (AvgIpc) is 2.16. The first kappa shape index (κ1) is 8.88. The van der Waals surface area contributed by atoms with Crippen molar-refractivity contribution in [2.24, 2.45) is 0 Å². The van der Waals surface area contributed by atoms with Gasteiger partial charge < -0.3 is 0 Å². The molecule has 1 aromatic carbocycles. The summed E-state index contributed by atoms with van der Waals surface area (Å²) in [6.07, 6.45) is 0.800. The minimum absolute atomic E-state index is 0.529. The van der Waals surface area contributed by atoms with Crippen LogP contribution in [0.1, 0.15) is 21.6 Å². The van der Waals surface area contributed by atoms with Gasteiger partial charge in [-0.1, -0.05) is 11.6 Å². The molecule has 0 bridgehead atoms. The van der Waals surface area contributed by atoms with E-state index in [2.05, 4.69) is 11.1 Å². The molecule has 0 fully saturated rings. The van der Waals surface area contributed by atoms with Crippen molar-refractivity contribution >= 4 is 17.2 Å². The highest BCUT2D eigenvalue weighted by Gasteiger charge is 2.01. The first-order valence-corrected chi connectivity index (χ1v) is 4.54. The van der Waals surface area contributed by atoms with Gasteiger partial charge in [0.2, 0.25) is 0 Å². The maximum Gasteiger partial charge on any atom is 0.168 e. The number of nitrogens with zero attached hydrogens (tertiary/aromatic N) is 1. The van der Waals surface area contributed by atoms with Crippen LogP contribution in [0.4, 0.5) is 0 Å². The Morgan fingerprint density at radius 3 is 2.71 bits per heavy atom. The maximum absolute atomic E-state index is 10.7. The smallest absolute Gasteiger partial charge is 0.168 e. The van der Waals surface area contributed by atoms with E-state index in [4.69, 9.17) is 0 Å². The number of carbonyl (C=O) groups excluding carboxylic acids is 1. The normalized spacial score (nSPS) is 10.4. The Morgan fingerprint density at radius 1 is 1.21 bits per heavy atom. The molecule has 2 heteroatoms. The van der Waals surface area contributed by atoms with E-state index in [1.165, 1.54) is 5.56 Å². The van der Waals surface area contributed by atoms with E-state index in [1.54, 1.807) is 0 Å². The summed E-state index contributed by atoms with van der Waals surface area (Å²) in [7, 11) is 0. The zero-order chi connectivity index (χ0) is 10.1. The zero-order valence-corrected chi connectivity index (χ0v) is 8.24. The van der Waals surface area contributed by atoms with Crippen LogP contribution in [0.25, 0.3) is 10.9 Å². The molecule has 0 radical (unpaired) electrons. The molecule has 2 nitrogen and oxygen atoms in total. The lowest BCUT2D eigenvalue weighted by atomic mass is 10.1. The van der Waals surface area contributed by atoms with E-state index in [0.29, 0.717) is 5.69 Å². The second-order valence-electron chi connectivity index (χ2n) is 3.50. The Hall–Kier alpha value is -1.70. The zero-order valence-electron chi connectivity index (χ0n) is 8.24. The molecule has 0 spiro atoms. The van der Waals surface area contributed by atoms with Crippen LogP contribution in [0.3, 0.4) is 0 Å². The van der Waals surface area contributed by atoms with Crippen molar-refractivity contribution in [1.29, 1.82) is 0 Å². The van der Waals surface area contributed by atoms with Gasteiger partial charge in [0.05, 0.1) is 5.52 Å². The molecule has 70 valence electrons. The maximum atomic E-state index is 10.7.